The van der Waals surface area contributed by atoms with Gasteiger partial charge < -0.3 is 15.7 Å². The van der Waals surface area contributed by atoms with Gasteiger partial charge in [-0.1, -0.05) is 17.9 Å². The van der Waals surface area contributed by atoms with Gasteiger partial charge in [-0.3, -0.25) is 4.79 Å². The summed E-state index contributed by atoms with van der Waals surface area (Å²) in [6.07, 6.45) is 0. The lowest BCUT2D eigenvalue weighted by atomic mass is 10.0. The number of rotatable bonds is 3. The van der Waals surface area contributed by atoms with Crippen LogP contribution in [0.4, 0.5) is 0 Å². The van der Waals surface area contributed by atoms with Crippen LogP contribution in [-0.2, 0) is 0 Å². The molecular formula is C15H20N2O2. The largest absolute Gasteiger partial charge is 0.394 e. The number of likely N-dealkylation sites (N-methyl/N-ethyl adjacent to an activating group) is 1. The molecule has 1 aromatic rings. The lowest BCUT2D eigenvalue weighted by Crippen LogP contribution is -2.37. The van der Waals surface area contributed by atoms with Gasteiger partial charge in [0.25, 0.3) is 5.91 Å². The molecule has 0 aromatic heterocycles. The molecule has 19 heavy (non-hydrogen) atoms. The zero-order chi connectivity index (χ0) is 14.4. The van der Waals surface area contributed by atoms with Crippen molar-refractivity contribution in [3.05, 3.63) is 34.9 Å². The Kier molecular flexibility index (Phi) is 5.56. The molecule has 1 rings (SSSR count). The summed E-state index contributed by atoms with van der Waals surface area (Å²) in [5.74, 6) is 5.61. The third-order valence-corrected chi connectivity index (χ3v) is 3.06. The average molecular weight is 260 g/mol. The van der Waals surface area contributed by atoms with Crippen molar-refractivity contribution in [3.63, 3.8) is 0 Å². The molecule has 0 fully saturated rings. The maximum absolute atomic E-state index is 12.2. The summed E-state index contributed by atoms with van der Waals surface area (Å²) in [5, 5.41) is 9.09. The van der Waals surface area contributed by atoms with Crippen LogP contribution in [0.1, 0.15) is 28.4 Å². The number of hydrogen-bond acceptors (Lipinski definition) is 3. The van der Waals surface area contributed by atoms with E-state index in [1.165, 1.54) is 4.90 Å². The van der Waals surface area contributed by atoms with E-state index in [1.54, 1.807) is 26.1 Å². The Hall–Kier alpha value is -1.83. The fourth-order valence-electron chi connectivity index (χ4n) is 1.56. The van der Waals surface area contributed by atoms with Gasteiger partial charge in [0.2, 0.25) is 0 Å². The van der Waals surface area contributed by atoms with Gasteiger partial charge in [0.05, 0.1) is 19.2 Å². The zero-order valence-corrected chi connectivity index (χ0v) is 11.6. The highest BCUT2D eigenvalue weighted by Crippen LogP contribution is 2.13. The quantitative estimate of drug-likeness (QED) is 0.788. The molecule has 0 saturated heterocycles. The second-order valence-electron chi connectivity index (χ2n) is 4.48. The Morgan fingerprint density at radius 3 is 2.79 bits per heavy atom. The Morgan fingerprint density at radius 2 is 2.21 bits per heavy atom. The highest BCUT2D eigenvalue weighted by atomic mass is 16.3. The van der Waals surface area contributed by atoms with E-state index in [0.717, 1.165) is 11.1 Å². The summed E-state index contributed by atoms with van der Waals surface area (Å²) in [4.78, 5) is 13.7. The number of benzene rings is 1. The molecule has 0 aliphatic carbocycles. The highest BCUT2D eigenvalue weighted by Gasteiger charge is 2.17. The van der Waals surface area contributed by atoms with Crippen LogP contribution in [0, 0.1) is 18.8 Å². The lowest BCUT2D eigenvalue weighted by Gasteiger charge is -2.23. The molecule has 102 valence electrons. The van der Waals surface area contributed by atoms with Gasteiger partial charge >= 0.3 is 0 Å². The predicted molar refractivity (Wildman–Crippen MR) is 75.8 cm³/mol. The van der Waals surface area contributed by atoms with Gasteiger partial charge in [-0.2, -0.15) is 0 Å². The maximum Gasteiger partial charge on any atom is 0.253 e. The van der Waals surface area contributed by atoms with Crippen molar-refractivity contribution < 1.29 is 9.90 Å². The minimum atomic E-state index is -0.215. The minimum absolute atomic E-state index is 0.0616. The topological polar surface area (TPSA) is 66.6 Å². The molecule has 3 N–H and O–H groups in total. The molecule has 0 spiro atoms. The third-order valence-electron chi connectivity index (χ3n) is 3.06. The molecule has 4 heteroatoms. The second-order valence-corrected chi connectivity index (χ2v) is 4.48. The van der Waals surface area contributed by atoms with Gasteiger partial charge in [0.15, 0.2) is 0 Å². The smallest absolute Gasteiger partial charge is 0.253 e. The molecule has 1 amide bonds. The van der Waals surface area contributed by atoms with E-state index >= 15 is 0 Å². The number of hydrogen-bond donors (Lipinski definition) is 2. The first-order chi connectivity index (χ1) is 9.01. The van der Waals surface area contributed by atoms with E-state index in [2.05, 4.69) is 11.8 Å². The van der Waals surface area contributed by atoms with Crippen molar-refractivity contribution in [2.75, 3.05) is 20.2 Å². The lowest BCUT2D eigenvalue weighted by molar-refractivity contribution is 0.0682. The van der Waals surface area contributed by atoms with Crippen LogP contribution in [0.2, 0.25) is 0 Å². The molecule has 0 heterocycles. The summed E-state index contributed by atoms with van der Waals surface area (Å²) in [6, 6.07) is 5.19. The van der Waals surface area contributed by atoms with Crippen LogP contribution in [0.15, 0.2) is 18.2 Å². The highest BCUT2D eigenvalue weighted by molar-refractivity contribution is 5.94. The van der Waals surface area contributed by atoms with Crippen LogP contribution < -0.4 is 5.73 Å². The van der Waals surface area contributed by atoms with Gasteiger partial charge in [0, 0.05) is 18.2 Å². The number of nitrogens with zero attached hydrogens (tertiary/aromatic N) is 1. The molecule has 4 nitrogen and oxygen atoms in total. The van der Waals surface area contributed by atoms with Crippen LogP contribution in [-0.4, -0.2) is 42.2 Å². The van der Waals surface area contributed by atoms with E-state index in [4.69, 9.17) is 10.8 Å². The molecular weight excluding hydrogens is 240 g/mol. The fourth-order valence-corrected chi connectivity index (χ4v) is 1.56. The van der Waals surface area contributed by atoms with E-state index in [1.807, 2.05) is 13.0 Å². The normalized spacial score (nSPS) is 11.4. The van der Waals surface area contributed by atoms with Crippen molar-refractivity contribution >= 4 is 5.91 Å². The van der Waals surface area contributed by atoms with E-state index in [0.29, 0.717) is 12.1 Å². The van der Waals surface area contributed by atoms with Crippen LogP contribution in [0.5, 0.6) is 0 Å². The first kappa shape index (κ1) is 15.2. The van der Waals surface area contributed by atoms with Gasteiger partial charge in [0.1, 0.15) is 0 Å². The van der Waals surface area contributed by atoms with Crippen molar-refractivity contribution in [1.29, 1.82) is 0 Å². The summed E-state index contributed by atoms with van der Waals surface area (Å²) in [7, 11) is 1.67. The van der Waals surface area contributed by atoms with Crippen LogP contribution >= 0.6 is 0 Å². The Labute approximate surface area is 114 Å². The van der Waals surface area contributed by atoms with Crippen molar-refractivity contribution in [2.45, 2.75) is 19.9 Å². The van der Waals surface area contributed by atoms with E-state index in [9.17, 15) is 4.79 Å². The molecule has 0 aliphatic rings. The first-order valence-electron chi connectivity index (χ1n) is 6.18. The molecule has 0 aliphatic heterocycles. The summed E-state index contributed by atoms with van der Waals surface area (Å²) in [6.45, 7) is 3.96. The summed E-state index contributed by atoms with van der Waals surface area (Å²) in [5.41, 5.74) is 7.73. The number of aliphatic hydroxyl groups is 1. The fraction of sp³-hybridized carbons (Fsp3) is 0.400. The summed E-state index contributed by atoms with van der Waals surface area (Å²) >= 11 is 0. The average Bonchev–Trinajstić information content (AvgIpc) is 2.44. The van der Waals surface area contributed by atoms with Gasteiger partial charge in [-0.25, -0.2) is 0 Å². The molecule has 1 atom stereocenters. The number of nitrogens with two attached hydrogens (primary N) is 1. The van der Waals surface area contributed by atoms with Gasteiger partial charge in [-0.15, -0.1) is 0 Å². The number of aliphatic hydroxyl groups excluding tert-OH is 1. The molecule has 1 unspecified atom stereocenters. The second kappa shape index (κ2) is 6.93. The SMILES string of the molecule is Cc1ccc(C(=O)N(C)C(C)CO)cc1C#CCN. The van der Waals surface area contributed by atoms with Crippen LogP contribution in [0.3, 0.4) is 0 Å². The minimum Gasteiger partial charge on any atom is -0.394 e. The van der Waals surface area contributed by atoms with Crippen LogP contribution in [0.25, 0.3) is 0 Å². The van der Waals surface area contributed by atoms with Gasteiger partial charge in [-0.05, 0) is 31.5 Å². The van der Waals surface area contributed by atoms with Crippen molar-refractivity contribution in [2.24, 2.45) is 5.73 Å². The number of carbonyl (C=O) groups is 1. The zero-order valence-electron chi connectivity index (χ0n) is 11.6. The Morgan fingerprint density at radius 1 is 1.53 bits per heavy atom. The molecule has 0 saturated carbocycles. The number of amides is 1. The molecule has 0 bridgehead atoms. The summed E-state index contributed by atoms with van der Waals surface area (Å²) < 4.78 is 0. The van der Waals surface area contributed by atoms with E-state index in [-0.39, 0.29) is 18.6 Å². The first-order valence-corrected chi connectivity index (χ1v) is 6.18. The third kappa shape index (κ3) is 3.82. The Bertz CT molecular complexity index is 515. The number of carbonyl (C=O) groups excluding carboxylic acids is 1. The maximum atomic E-state index is 12.2. The van der Waals surface area contributed by atoms with Crippen molar-refractivity contribution in [1.82, 2.24) is 4.90 Å². The monoisotopic (exact) mass is 260 g/mol. The number of aryl methyl sites for hydroxylation is 1. The van der Waals surface area contributed by atoms with Crippen molar-refractivity contribution in [3.8, 4) is 11.8 Å². The molecule has 1 aromatic carbocycles. The standard InChI is InChI=1S/C15H20N2O2/c1-11-6-7-14(9-13(11)5-4-8-16)15(19)17(3)12(2)10-18/h6-7,9,12,18H,8,10,16H2,1-3H3. The predicted octanol–water partition coefficient (Wildman–Crippen LogP) is 0.758. The van der Waals surface area contributed by atoms with E-state index < -0.39 is 0 Å². The Balaban J connectivity index is 3.05. The molecule has 0 radical (unpaired) electrons.